The van der Waals surface area contributed by atoms with E-state index in [1.165, 1.54) is 4.90 Å². The van der Waals surface area contributed by atoms with Gasteiger partial charge in [0.1, 0.15) is 11.7 Å². The minimum Gasteiger partial charge on any atom is -0.472 e. The fourth-order valence-corrected chi connectivity index (χ4v) is 6.99. The first-order chi connectivity index (χ1) is 19.2. The van der Waals surface area contributed by atoms with Crippen LogP contribution in [-0.4, -0.2) is 65.6 Å². The first-order valence-electron chi connectivity index (χ1n) is 14.0. The van der Waals surface area contributed by atoms with Gasteiger partial charge in [-0.3, -0.25) is 19.2 Å². The number of sulfonamides is 1. The number of hydrogen-bond donors (Lipinski definition) is 1. The number of benzene rings is 1. The maximum Gasteiger partial charge on any atom is 0.411 e. The van der Waals surface area contributed by atoms with Crippen LogP contribution in [-0.2, 0) is 24.3 Å². The number of likely N-dealkylation sites (tertiary alicyclic amines) is 1. The molecule has 220 valence electrons. The van der Waals surface area contributed by atoms with E-state index in [9.17, 15) is 22.8 Å². The zero-order valence-electron chi connectivity index (χ0n) is 23.9. The van der Waals surface area contributed by atoms with Crippen LogP contribution in [0.4, 0.5) is 4.79 Å². The summed E-state index contributed by atoms with van der Waals surface area (Å²) in [5.74, 6) is -0.976. The molecule has 41 heavy (non-hydrogen) atoms. The lowest BCUT2D eigenvalue weighted by atomic mass is 9.91. The number of pyridine rings is 1. The molecule has 1 aromatic heterocycles. The minimum absolute atomic E-state index is 0.0926. The zero-order chi connectivity index (χ0) is 29.7. The molecule has 1 aromatic carbocycles. The van der Waals surface area contributed by atoms with E-state index < -0.39 is 50.4 Å². The highest BCUT2D eigenvalue weighted by Gasteiger charge is 2.61. The Morgan fingerprint density at radius 2 is 1.93 bits per heavy atom. The quantitative estimate of drug-likeness (QED) is 0.437. The zero-order valence-corrected chi connectivity index (χ0v) is 24.7. The second kappa shape index (κ2) is 10.4. The van der Waals surface area contributed by atoms with Gasteiger partial charge in [0, 0.05) is 24.4 Å². The number of allylic oxidation sites excluding steroid dienone is 1. The largest absolute Gasteiger partial charge is 0.472 e. The molecule has 11 heteroatoms. The van der Waals surface area contributed by atoms with Gasteiger partial charge in [0.2, 0.25) is 21.8 Å². The number of nitrogens with zero attached hydrogens (tertiary/aromatic N) is 2. The highest BCUT2D eigenvalue weighted by molar-refractivity contribution is 7.90. The molecule has 1 N–H and O–H groups in total. The summed E-state index contributed by atoms with van der Waals surface area (Å²) in [5.41, 5.74) is -0.937. The molecule has 0 bridgehead atoms. The lowest BCUT2D eigenvalue weighted by Gasteiger charge is -2.28. The van der Waals surface area contributed by atoms with Gasteiger partial charge in [-0.05, 0) is 76.0 Å². The molecular formula is C30H37N3O7S. The highest BCUT2D eigenvalue weighted by atomic mass is 32.2. The van der Waals surface area contributed by atoms with Crippen molar-refractivity contribution in [1.82, 2.24) is 14.6 Å². The van der Waals surface area contributed by atoms with E-state index in [0.29, 0.717) is 25.1 Å². The lowest BCUT2D eigenvalue weighted by Crippen LogP contribution is -2.46. The van der Waals surface area contributed by atoms with Crippen LogP contribution in [0.5, 0.6) is 5.88 Å². The summed E-state index contributed by atoms with van der Waals surface area (Å²) < 4.78 is 39.1. The van der Waals surface area contributed by atoms with E-state index in [1.807, 2.05) is 31.2 Å². The molecule has 3 aliphatic rings. The maximum absolute atomic E-state index is 13.8. The van der Waals surface area contributed by atoms with Crippen molar-refractivity contribution in [2.24, 2.45) is 11.3 Å². The molecule has 2 aliphatic carbocycles. The summed E-state index contributed by atoms with van der Waals surface area (Å²) in [4.78, 5) is 46.1. The van der Waals surface area contributed by atoms with E-state index in [4.69, 9.17) is 9.47 Å². The first-order valence-corrected chi connectivity index (χ1v) is 15.5. The number of amides is 2. The van der Waals surface area contributed by atoms with Gasteiger partial charge < -0.3 is 9.47 Å². The molecule has 10 nitrogen and oxygen atoms in total. The number of aromatic nitrogens is 1. The number of aryl methyl sites for hydroxylation is 1. The van der Waals surface area contributed by atoms with Crippen molar-refractivity contribution in [3.8, 4) is 5.88 Å². The minimum atomic E-state index is -3.78. The number of fused-ring (bicyclic) bond motifs is 1. The van der Waals surface area contributed by atoms with Crippen molar-refractivity contribution in [2.75, 3.05) is 6.54 Å². The average Bonchev–Trinajstić information content (AvgIpc) is 3.80. The Morgan fingerprint density at radius 3 is 2.56 bits per heavy atom. The summed E-state index contributed by atoms with van der Waals surface area (Å²) in [6.07, 6.45) is 3.33. The number of rotatable bonds is 9. The Bertz CT molecular complexity index is 1510. The van der Waals surface area contributed by atoms with Crippen LogP contribution in [0.3, 0.4) is 0 Å². The molecule has 3 fully saturated rings. The third kappa shape index (κ3) is 5.95. The number of ether oxygens (including phenoxy) is 2. The summed E-state index contributed by atoms with van der Waals surface area (Å²) in [5, 5.41) is 1.25. The van der Waals surface area contributed by atoms with Gasteiger partial charge in [0.15, 0.2) is 5.78 Å². The fourth-order valence-electron chi connectivity index (χ4n) is 5.61. The van der Waals surface area contributed by atoms with E-state index in [2.05, 4.69) is 16.3 Å². The molecule has 5 rings (SSSR count). The normalized spacial score (nSPS) is 26.0. The van der Waals surface area contributed by atoms with Crippen molar-refractivity contribution < 1.29 is 32.3 Å². The summed E-state index contributed by atoms with van der Waals surface area (Å²) >= 11 is 0. The molecule has 1 unspecified atom stereocenters. The van der Waals surface area contributed by atoms with Crippen molar-refractivity contribution in [1.29, 1.82) is 0 Å². The molecule has 0 radical (unpaired) electrons. The third-order valence-electron chi connectivity index (χ3n) is 8.09. The summed E-state index contributed by atoms with van der Waals surface area (Å²) in [6, 6.07) is 6.82. The Kier molecular flexibility index (Phi) is 7.38. The van der Waals surface area contributed by atoms with Gasteiger partial charge in [-0.2, -0.15) is 0 Å². The van der Waals surface area contributed by atoms with Crippen LogP contribution in [0, 0.1) is 18.3 Å². The van der Waals surface area contributed by atoms with Crippen LogP contribution in [0.2, 0.25) is 0 Å². The van der Waals surface area contributed by atoms with Crippen molar-refractivity contribution in [3.05, 3.63) is 48.7 Å². The number of Topliss-reactive ketones (excluding diaryl/α,β-unsaturated/α-hetero) is 1. The second-order valence-corrected chi connectivity index (χ2v) is 14.4. The molecule has 4 atom stereocenters. The molecule has 2 heterocycles. The second-order valence-electron chi connectivity index (χ2n) is 12.4. The SMILES string of the molecule is C=C[C@@H]1C[C@]1(CC(=O)C1C[C@@H](Oc2nccc3c(C)cccc23)CN1C(=O)OC(C)(C)C)C(=O)NS(=O)(=O)C1CC1. The van der Waals surface area contributed by atoms with E-state index in [-0.39, 0.29) is 31.1 Å². The monoisotopic (exact) mass is 583 g/mol. The highest BCUT2D eigenvalue weighted by Crippen LogP contribution is 2.57. The van der Waals surface area contributed by atoms with Gasteiger partial charge in [-0.1, -0.05) is 18.2 Å². The molecule has 1 aliphatic heterocycles. The average molecular weight is 584 g/mol. The van der Waals surface area contributed by atoms with Crippen molar-refractivity contribution in [2.45, 2.75) is 82.8 Å². The third-order valence-corrected chi connectivity index (χ3v) is 9.91. The van der Waals surface area contributed by atoms with Crippen LogP contribution in [0.25, 0.3) is 10.8 Å². The molecule has 1 saturated heterocycles. The van der Waals surface area contributed by atoms with Crippen LogP contribution < -0.4 is 9.46 Å². The predicted octanol–water partition coefficient (Wildman–Crippen LogP) is 4.06. The number of carbonyl (C=O) groups excluding carboxylic acids is 3. The number of ketones is 1. The van der Waals surface area contributed by atoms with Gasteiger partial charge >= 0.3 is 6.09 Å². The van der Waals surface area contributed by atoms with Gasteiger partial charge in [0.25, 0.3) is 0 Å². The van der Waals surface area contributed by atoms with E-state index >= 15 is 0 Å². The van der Waals surface area contributed by atoms with E-state index in [0.717, 1.165) is 16.3 Å². The Morgan fingerprint density at radius 1 is 1.20 bits per heavy atom. The Balaban J connectivity index is 1.38. The predicted molar refractivity (Wildman–Crippen MR) is 153 cm³/mol. The number of carbonyl (C=O) groups is 3. The van der Waals surface area contributed by atoms with Crippen molar-refractivity contribution in [3.63, 3.8) is 0 Å². The molecule has 2 saturated carbocycles. The molecule has 2 amide bonds. The summed E-state index contributed by atoms with van der Waals surface area (Å²) in [7, 11) is -3.78. The van der Waals surface area contributed by atoms with Crippen molar-refractivity contribution >= 4 is 38.6 Å². The molecular weight excluding hydrogens is 546 g/mol. The van der Waals surface area contributed by atoms with Gasteiger partial charge in [-0.25, -0.2) is 18.2 Å². The number of hydrogen-bond acceptors (Lipinski definition) is 8. The van der Waals surface area contributed by atoms with Crippen LogP contribution >= 0.6 is 0 Å². The standard InChI is InChI=1S/C30H37N3O7S/c1-6-19-15-30(19,27(35)32-41(37,38)21-10-11-21)16-25(34)24-14-20(17-33(24)28(36)40-29(3,4)5)39-26-23-9-7-8-18(2)22(23)12-13-31-26/h6-9,12-13,19-21,24H,1,10-11,14-17H2,2-5H3,(H,32,35)/t19-,20-,24?,30-/m1/s1. The van der Waals surface area contributed by atoms with E-state index in [1.54, 1.807) is 33.0 Å². The van der Waals surface area contributed by atoms with Crippen LogP contribution in [0.1, 0.15) is 58.4 Å². The fraction of sp³-hybridized carbons (Fsp3) is 0.533. The van der Waals surface area contributed by atoms with Crippen LogP contribution in [0.15, 0.2) is 43.1 Å². The Labute approximate surface area is 240 Å². The smallest absolute Gasteiger partial charge is 0.411 e. The lowest BCUT2D eigenvalue weighted by molar-refractivity contribution is -0.131. The summed E-state index contributed by atoms with van der Waals surface area (Å²) in [6.45, 7) is 11.1. The van der Waals surface area contributed by atoms with Gasteiger partial charge in [0.05, 0.1) is 23.3 Å². The topological polar surface area (TPSA) is 132 Å². The molecule has 2 aromatic rings. The molecule has 0 spiro atoms. The Hall–Kier alpha value is -3.47. The van der Waals surface area contributed by atoms with Gasteiger partial charge in [-0.15, -0.1) is 6.58 Å². The number of nitrogens with one attached hydrogen (secondary N) is 1. The first kappa shape index (κ1) is 29.0. The maximum atomic E-state index is 13.8.